The summed E-state index contributed by atoms with van der Waals surface area (Å²) >= 11 is 0. The van der Waals surface area contributed by atoms with Gasteiger partial charge in [-0.25, -0.2) is 9.97 Å². The summed E-state index contributed by atoms with van der Waals surface area (Å²) < 4.78 is 0. The molecule has 0 aliphatic carbocycles. The Morgan fingerprint density at radius 1 is 1.16 bits per heavy atom. The quantitative estimate of drug-likeness (QED) is 0.733. The third-order valence-corrected chi connectivity index (χ3v) is 2.89. The topological polar surface area (TPSA) is 41.1 Å². The molecule has 1 rings (SSSR count). The van der Waals surface area contributed by atoms with Crippen LogP contribution in [-0.4, -0.2) is 29.1 Å². The van der Waals surface area contributed by atoms with Gasteiger partial charge in [0.25, 0.3) is 0 Å². The lowest BCUT2D eigenvalue weighted by Crippen LogP contribution is -2.35. The van der Waals surface area contributed by atoms with Crippen LogP contribution in [0, 0.1) is 5.92 Å². The van der Waals surface area contributed by atoms with Gasteiger partial charge in [-0.3, -0.25) is 0 Å². The van der Waals surface area contributed by atoms with Crippen molar-refractivity contribution in [1.29, 1.82) is 0 Å². The maximum Gasteiger partial charge on any atom is 0.225 e. The summed E-state index contributed by atoms with van der Waals surface area (Å²) in [5, 5.41) is 3.36. The molecule has 0 spiro atoms. The molecule has 19 heavy (non-hydrogen) atoms. The monoisotopic (exact) mass is 264 g/mol. The molecule has 0 atom stereocenters. The third kappa shape index (κ3) is 5.55. The molecule has 0 amide bonds. The van der Waals surface area contributed by atoms with E-state index in [0.29, 0.717) is 12.0 Å². The Labute approximate surface area is 117 Å². The summed E-state index contributed by atoms with van der Waals surface area (Å²) in [7, 11) is 0. The van der Waals surface area contributed by atoms with Crippen molar-refractivity contribution >= 4 is 5.95 Å². The summed E-state index contributed by atoms with van der Waals surface area (Å²) in [4.78, 5) is 11.3. The van der Waals surface area contributed by atoms with Crippen molar-refractivity contribution in [3.63, 3.8) is 0 Å². The van der Waals surface area contributed by atoms with Gasteiger partial charge in [0.1, 0.15) is 0 Å². The molecule has 0 aliphatic heterocycles. The van der Waals surface area contributed by atoms with Crippen molar-refractivity contribution in [2.45, 2.75) is 53.6 Å². The fourth-order valence-corrected chi connectivity index (χ4v) is 1.91. The molecule has 0 bridgehead atoms. The van der Waals surface area contributed by atoms with Crippen LogP contribution >= 0.6 is 0 Å². The Morgan fingerprint density at radius 3 is 2.26 bits per heavy atom. The van der Waals surface area contributed by atoms with Gasteiger partial charge in [0.15, 0.2) is 0 Å². The normalized spacial score (nSPS) is 11.3. The van der Waals surface area contributed by atoms with Crippen LogP contribution in [0.2, 0.25) is 0 Å². The Hall–Kier alpha value is -1.16. The van der Waals surface area contributed by atoms with Crippen molar-refractivity contribution < 1.29 is 0 Å². The molecular formula is C15H28N4. The number of rotatable bonds is 8. The van der Waals surface area contributed by atoms with Gasteiger partial charge in [-0.1, -0.05) is 20.8 Å². The highest BCUT2D eigenvalue weighted by atomic mass is 15.3. The van der Waals surface area contributed by atoms with Crippen molar-refractivity contribution in [1.82, 2.24) is 15.3 Å². The SMILES string of the molecule is CCCNCc1cnc(N(CC(C)C)C(C)C)nc1. The zero-order valence-electron chi connectivity index (χ0n) is 13.0. The standard InChI is InChI=1S/C15H28N4/c1-6-7-16-8-14-9-17-15(18-10-14)19(13(4)5)11-12(2)3/h9-10,12-13,16H,6-8,11H2,1-5H3. The van der Waals surface area contributed by atoms with Crippen LogP contribution in [-0.2, 0) is 6.54 Å². The highest BCUT2D eigenvalue weighted by Crippen LogP contribution is 2.13. The van der Waals surface area contributed by atoms with Crippen molar-refractivity contribution in [3.8, 4) is 0 Å². The summed E-state index contributed by atoms with van der Waals surface area (Å²) in [5.41, 5.74) is 1.14. The highest BCUT2D eigenvalue weighted by Gasteiger charge is 2.14. The zero-order chi connectivity index (χ0) is 14.3. The Morgan fingerprint density at radius 2 is 1.79 bits per heavy atom. The first-order valence-electron chi connectivity index (χ1n) is 7.32. The van der Waals surface area contributed by atoms with Crippen molar-refractivity contribution in [3.05, 3.63) is 18.0 Å². The molecule has 1 aromatic rings. The molecule has 0 aliphatic rings. The van der Waals surface area contributed by atoms with Gasteiger partial charge >= 0.3 is 0 Å². The molecule has 0 unspecified atom stereocenters. The molecular weight excluding hydrogens is 236 g/mol. The van der Waals surface area contributed by atoms with E-state index < -0.39 is 0 Å². The van der Waals surface area contributed by atoms with Gasteiger partial charge in [0, 0.05) is 37.1 Å². The predicted molar refractivity (Wildman–Crippen MR) is 81.3 cm³/mol. The van der Waals surface area contributed by atoms with E-state index in [1.165, 1.54) is 0 Å². The summed E-state index contributed by atoms with van der Waals surface area (Å²) in [6, 6.07) is 0.423. The van der Waals surface area contributed by atoms with E-state index in [9.17, 15) is 0 Å². The average molecular weight is 264 g/mol. The van der Waals surface area contributed by atoms with Gasteiger partial charge in [-0.2, -0.15) is 0 Å². The second kappa shape index (κ2) is 8.10. The van der Waals surface area contributed by atoms with E-state index in [2.05, 4.69) is 54.8 Å². The first-order valence-corrected chi connectivity index (χ1v) is 7.32. The lowest BCUT2D eigenvalue weighted by Gasteiger charge is -2.28. The molecule has 4 heteroatoms. The smallest absolute Gasteiger partial charge is 0.225 e. The zero-order valence-corrected chi connectivity index (χ0v) is 13.0. The van der Waals surface area contributed by atoms with Gasteiger partial charge in [0.05, 0.1) is 0 Å². The predicted octanol–water partition coefficient (Wildman–Crippen LogP) is 2.85. The van der Waals surface area contributed by atoms with E-state index >= 15 is 0 Å². The fraction of sp³-hybridized carbons (Fsp3) is 0.733. The van der Waals surface area contributed by atoms with E-state index in [0.717, 1.165) is 37.6 Å². The van der Waals surface area contributed by atoms with Crippen LogP contribution in [0.15, 0.2) is 12.4 Å². The molecule has 0 aromatic carbocycles. The molecule has 0 radical (unpaired) electrons. The number of hydrogen-bond acceptors (Lipinski definition) is 4. The molecule has 1 heterocycles. The lowest BCUT2D eigenvalue weighted by atomic mass is 10.2. The molecule has 108 valence electrons. The maximum atomic E-state index is 4.51. The second-order valence-corrected chi connectivity index (χ2v) is 5.71. The molecule has 0 saturated heterocycles. The molecule has 0 fully saturated rings. The lowest BCUT2D eigenvalue weighted by molar-refractivity contribution is 0.559. The molecule has 1 N–H and O–H groups in total. The van der Waals surface area contributed by atoms with Crippen LogP contribution in [0.25, 0.3) is 0 Å². The van der Waals surface area contributed by atoms with E-state index in [4.69, 9.17) is 0 Å². The van der Waals surface area contributed by atoms with Crippen LogP contribution in [0.3, 0.4) is 0 Å². The summed E-state index contributed by atoms with van der Waals surface area (Å²) in [5.74, 6) is 1.44. The van der Waals surface area contributed by atoms with Crippen LogP contribution < -0.4 is 10.2 Å². The Bertz CT molecular complexity index is 346. The molecule has 1 aromatic heterocycles. The highest BCUT2D eigenvalue weighted by molar-refractivity contribution is 5.31. The van der Waals surface area contributed by atoms with E-state index in [-0.39, 0.29) is 0 Å². The van der Waals surface area contributed by atoms with Crippen LogP contribution in [0.1, 0.15) is 46.6 Å². The minimum atomic E-state index is 0.423. The van der Waals surface area contributed by atoms with Gasteiger partial charge in [-0.05, 0) is 32.7 Å². The van der Waals surface area contributed by atoms with Crippen LogP contribution in [0.5, 0.6) is 0 Å². The number of hydrogen-bond donors (Lipinski definition) is 1. The maximum absolute atomic E-state index is 4.51. The first kappa shape index (κ1) is 15.9. The number of anilines is 1. The van der Waals surface area contributed by atoms with E-state index in [1.54, 1.807) is 0 Å². The largest absolute Gasteiger partial charge is 0.338 e. The van der Waals surface area contributed by atoms with E-state index in [1.807, 2.05) is 12.4 Å². The summed E-state index contributed by atoms with van der Waals surface area (Å²) in [6.45, 7) is 13.8. The Balaban J connectivity index is 2.66. The van der Waals surface area contributed by atoms with Gasteiger partial charge < -0.3 is 10.2 Å². The minimum Gasteiger partial charge on any atom is -0.338 e. The fourth-order valence-electron chi connectivity index (χ4n) is 1.91. The van der Waals surface area contributed by atoms with Gasteiger partial charge in [0.2, 0.25) is 5.95 Å². The molecule has 4 nitrogen and oxygen atoms in total. The Kier molecular flexibility index (Phi) is 6.78. The van der Waals surface area contributed by atoms with Crippen LogP contribution in [0.4, 0.5) is 5.95 Å². The van der Waals surface area contributed by atoms with Gasteiger partial charge in [-0.15, -0.1) is 0 Å². The average Bonchev–Trinajstić information content (AvgIpc) is 2.37. The van der Waals surface area contributed by atoms with Crippen molar-refractivity contribution in [2.75, 3.05) is 18.0 Å². The third-order valence-electron chi connectivity index (χ3n) is 2.89. The minimum absolute atomic E-state index is 0.423. The molecule has 0 saturated carbocycles. The number of nitrogens with zero attached hydrogens (tertiary/aromatic N) is 3. The second-order valence-electron chi connectivity index (χ2n) is 5.71. The van der Waals surface area contributed by atoms with Crippen molar-refractivity contribution in [2.24, 2.45) is 5.92 Å². The summed E-state index contributed by atoms with van der Waals surface area (Å²) in [6.07, 6.45) is 5.01. The first-order chi connectivity index (χ1) is 9.04. The number of aromatic nitrogens is 2. The number of nitrogens with one attached hydrogen (secondary N) is 1.